The molecular formula is C11H19N3OS. The third kappa shape index (κ3) is 2.09. The molecule has 16 heavy (non-hydrogen) atoms. The highest BCUT2D eigenvalue weighted by atomic mass is 32.1. The Kier molecular flexibility index (Phi) is 3.53. The molecule has 1 aromatic heterocycles. The Labute approximate surface area is 101 Å². The zero-order valence-electron chi connectivity index (χ0n) is 9.90. The van der Waals surface area contributed by atoms with Crippen LogP contribution in [0.5, 0.6) is 5.75 Å². The molecule has 0 aromatic carbocycles. The van der Waals surface area contributed by atoms with E-state index in [0.717, 1.165) is 10.8 Å². The monoisotopic (exact) mass is 241 g/mol. The highest BCUT2D eigenvalue weighted by Gasteiger charge is 2.23. The van der Waals surface area contributed by atoms with Crippen LogP contribution in [0, 0.1) is 0 Å². The summed E-state index contributed by atoms with van der Waals surface area (Å²) in [7, 11) is 3.77. The van der Waals surface area contributed by atoms with E-state index in [9.17, 15) is 0 Å². The minimum absolute atomic E-state index is 0.505. The molecule has 0 aliphatic heterocycles. The van der Waals surface area contributed by atoms with Crippen molar-refractivity contribution in [2.45, 2.75) is 38.1 Å². The molecule has 0 spiro atoms. The lowest BCUT2D eigenvalue weighted by Gasteiger charge is -2.31. The molecule has 1 aliphatic rings. The molecule has 0 amide bonds. The van der Waals surface area contributed by atoms with Gasteiger partial charge in [-0.3, -0.25) is 0 Å². The molecule has 90 valence electrons. The summed E-state index contributed by atoms with van der Waals surface area (Å²) in [5, 5.41) is 1.06. The third-order valence-corrected chi connectivity index (χ3v) is 4.24. The number of rotatable bonds is 3. The normalized spacial score (nSPS) is 17.4. The maximum Gasteiger partial charge on any atom is 0.197 e. The number of hydrogen-bond acceptors (Lipinski definition) is 5. The van der Waals surface area contributed by atoms with Crippen LogP contribution in [0.15, 0.2) is 0 Å². The van der Waals surface area contributed by atoms with E-state index < -0.39 is 0 Å². The standard InChI is InChI=1S/C11H19N3OS/c1-14(8-6-4-3-5-7-8)11-9(15-2)10(12)13-16-11/h8H,3-7H2,1-2H3,(H2,12,13). The minimum atomic E-state index is 0.505. The summed E-state index contributed by atoms with van der Waals surface area (Å²) in [4.78, 5) is 2.28. The van der Waals surface area contributed by atoms with Crippen LogP contribution in [-0.2, 0) is 0 Å². The second kappa shape index (κ2) is 4.91. The summed E-state index contributed by atoms with van der Waals surface area (Å²) in [6.07, 6.45) is 6.54. The molecule has 2 N–H and O–H groups in total. The van der Waals surface area contributed by atoms with E-state index in [1.54, 1.807) is 7.11 Å². The van der Waals surface area contributed by atoms with Crippen molar-refractivity contribution in [2.24, 2.45) is 0 Å². The smallest absolute Gasteiger partial charge is 0.197 e. The Hall–Kier alpha value is -0.970. The summed E-state index contributed by atoms with van der Waals surface area (Å²) in [6, 6.07) is 0.613. The van der Waals surface area contributed by atoms with E-state index in [1.165, 1.54) is 43.6 Å². The van der Waals surface area contributed by atoms with Gasteiger partial charge in [-0.25, -0.2) is 0 Å². The van der Waals surface area contributed by atoms with Gasteiger partial charge < -0.3 is 15.4 Å². The second-order valence-electron chi connectivity index (χ2n) is 4.31. The number of hydrogen-bond donors (Lipinski definition) is 1. The van der Waals surface area contributed by atoms with Crippen molar-refractivity contribution in [1.29, 1.82) is 0 Å². The van der Waals surface area contributed by atoms with Gasteiger partial charge in [0.15, 0.2) is 16.6 Å². The van der Waals surface area contributed by atoms with Crippen molar-refractivity contribution in [1.82, 2.24) is 4.37 Å². The van der Waals surface area contributed by atoms with Crippen LogP contribution in [0.1, 0.15) is 32.1 Å². The maximum atomic E-state index is 5.77. The lowest BCUT2D eigenvalue weighted by atomic mass is 9.95. The summed E-state index contributed by atoms with van der Waals surface area (Å²) < 4.78 is 9.47. The van der Waals surface area contributed by atoms with Gasteiger partial charge in [-0.05, 0) is 24.4 Å². The van der Waals surface area contributed by atoms with Crippen molar-refractivity contribution < 1.29 is 4.74 Å². The molecule has 0 bridgehead atoms. The van der Waals surface area contributed by atoms with E-state index in [-0.39, 0.29) is 0 Å². The summed E-state index contributed by atoms with van der Waals surface area (Å²) in [5.41, 5.74) is 5.77. The lowest BCUT2D eigenvalue weighted by Crippen LogP contribution is -2.32. The molecule has 0 saturated heterocycles. The lowest BCUT2D eigenvalue weighted by molar-refractivity contribution is 0.405. The number of aromatic nitrogens is 1. The Morgan fingerprint density at radius 1 is 1.38 bits per heavy atom. The molecule has 1 aromatic rings. The van der Waals surface area contributed by atoms with Gasteiger partial charge in [-0.1, -0.05) is 19.3 Å². The van der Waals surface area contributed by atoms with Gasteiger partial charge in [0.25, 0.3) is 0 Å². The SMILES string of the molecule is COc1c(N)nsc1N(C)C1CCCCC1. The summed E-state index contributed by atoms with van der Waals surface area (Å²) in [5.74, 6) is 1.24. The molecule has 1 heterocycles. The fourth-order valence-corrected chi connectivity index (χ4v) is 3.15. The molecule has 4 nitrogen and oxygen atoms in total. The van der Waals surface area contributed by atoms with Crippen molar-refractivity contribution in [3.8, 4) is 5.75 Å². The van der Waals surface area contributed by atoms with Gasteiger partial charge in [-0.15, -0.1) is 0 Å². The second-order valence-corrected chi connectivity index (χ2v) is 5.06. The van der Waals surface area contributed by atoms with Gasteiger partial charge in [-0.2, -0.15) is 4.37 Å². The number of methoxy groups -OCH3 is 1. The fourth-order valence-electron chi connectivity index (χ4n) is 2.34. The molecular weight excluding hydrogens is 222 g/mol. The topological polar surface area (TPSA) is 51.4 Å². The first-order valence-corrected chi connectivity index (χ1v) is 6.53. The van der Waals surface area contributed by atoms with Crippen LogP contribution < -0.4 is 15.4 Å². The predicted molar refractivity (Wildman–Crippen MR) is 68.4 cm³/mol. The fraction of sp³-hybridized carbons (Fsp3) is 0.727. The van der Waals surface area contributed by atoms with Crippen LogP contribution in [0.2, 0.25) is 0 Å². The molecule has 1 saturated carbocycles. The van der Waals surface area contributed by atoms with Crippen molar-refractivity contribution in [3.63, 3.8) is 0 Å². The van der Waals surface area contributed by atoms with Crippen LogP contribution >= 0.6 is 11.5 Å². The van der Waals surface area contributed by atoms with E-state index in [1.807, 2.05) is 0 Å². The van der Waals surface area contributed by atoms with Gasteiger partial charge in [0, 0.05) is 13.1 Å². The number of anilines is 2. The van der Waals surface area contributed by atoms with Crippen LogP contribution in [0.3, 0.4) is 0 Å². The molecule has 0 unspecified atom stereocenters. The van der Waals surface area contributed by atoms with E-state index in [2.05, 4.69) is 16.3 Å². The molecule has 1 aliphatic carbocycles. The Balaban J connectivity index is 2.15. The first kappa shape index (κ1) is 11.5. The molecule has 0 radical (unpaired) electrons. The third-order valence-electron chi connectivity index (χ3n) is 3.30. The number of nitrogen functional groups attached to an aromatic ring is 1. The summed E-state index contributed by atoms with van der Waals surface area (Å²) >= 11 is 1.43. The first-order valence-electron chi connectivity index (χ1n) is 5.76. The van der Waals surface area contributed by atoms with Crippen LogP contribution in [0.4, 0.5) is 10.8 Å². The highest BCUT2D eigenvalue weighted by molar-refractivity contribution is 7.11. The Morgan fingerprint density at radius 3 is 2.69 bits per heavy atom. The van der Waals surface area contributed by atoms with Crippen LogP contribution in [0.25, 0.3) is 0 Å². The number of nitrogens with zero attached hydrogens (tertiary/aromatic N) is 2. The molecule has 0 atom stereocenters. The average Bonchev–Trinajstić information content (AvgIpc) is 2.70. The van der Waals surface area contributed by atoms with Gasteiger partial charge in [0.2, 0.25) is 0 Å². The average molecular weight is 241 g/mol. The van der Waals surface area contributed by atoms with E-state index in [4.69, 9.17) is 10.5 Å². The van der Waals surface area contributed by atoms with Gasteiger partial charge in [0.1, 0.15) is 0 Å². The quantitative estimate of drug-likeness (QED) is 0.883. The zero-order valence-corrected chi connectivity index (χ0v) is 10.7. The molecule has 5 heteroatoms. The molecule has 2 rings (SSSR count). The summed E-state index contributed by atoms with van der Waals surface area (Å²) in [6.45, 7) is 0. The Morgan fingerprint density at radius 2 is 2.06 bits per heavy atom. The first-order chi connectivity index (χ1) is 7.74. The van der Waals surface area contributed by atoms with Gasteiger partial charge in [0.05, 0.1) is 7.11 Å². The predicted octanol–water partition coefficient (Wildman–Crippen LogP) is 2.50. The maximum absolute atomic E-state index is 5.77. The largest absolute Gasteiger partial charge is 0.490 e. The highest BCUT2D eigenvalue weighted by Crippen LogP contribution is 2.39. The number of ether oxygens (including phenoxy) is 1. The Bertz CT molecular complexity index is 347. The van der Waals surface area contributed by atoms with E-state index >= 15 is 0 Å². The minimum Gasteiger partial charge on any atom is -0.490 e. The van der Waals surface area contributed by atoms with Gasteiger partial charge >= 0.3 is 0 Å². The van der Waals surface area contributed by atoms with Crippen molar-refractivity contribution in [3.05, 3.63) is 0 Å². The van der Waals surface area contributed by atoms with Crippen molar-refractivity contribution >= 4 is 22.4 Å². The van der Waals surface area contributed by atoms with Crippen molar-refractivity contribution in [2.75, 3.05) is 24.8 Å². The van der Waals surface area contributed by atoms with Crippen LogP contribution in [-0.4, -0.2) is 24.6 Å². The zero-order chi connectivity index (χ0) is 11.5. The molecule has 1 fully saturated rings. The van der Waals surface area contributed by atoms with E-state index in [0.29, 0.717) is 11.9 Å². The number of nitrogens with two attached hydrogens (primary N) is 1.